The first-order chi connectivity index (χ1) is 12.6. The van der Waals surface area contributed by atoms with Crippen molar-refractivity contribution in [1.29, 1.82) is 0 Å². The van der Waals surface area contributed by atoms with Gasteiger partial charge in [0, 0.05) is 23.2 Å². The molecule has 0 aliphatic carbocycles. The maximum Gasteiger partial charge on any atom is 0.321 e. The van der Waals surface area contributed by atoms with Gasteiger partial charge in [0.1, 0.15) is 6.61 Å². The number of nitrogens with one attached hydrogen (secondary N) is 1. The van der Waals surface area contributed by atoms with E-state index in [9.17, 15) is 9.59 Å². The summed E-state index contributed by atoms with van der Waals surface area (Å²) in [5.74, 6) is -0.337. The van der Waals surface area contributed by atoms with Gasteiger partial charge in [0.15, 0.2) is 0 Å². The van der Waals surface area contributed by atoms with E-state index < -0.39 is 0 Å². The van der Waals surface area contributed by atoms with Gasteiger partial charge in [-0.15, -0.1) is 0 Å². The standard InChI is InChI=1S/C20H21BrN2O3/c21-17-6-4-5-15(13-17)14-26-19(24)16-9-11-23(12-10-16)20(25)22-18-7-2-1-3-8-18/h1-8,13,16H,9-12,14H2,(H,22,25). The smallest absolute Gasteiger partial charge is 0.321 e. The van der Waals surface area contributed by atoms with Crippen LogP contribution in [0, 0.1) is 5.92 Å². The van der Waals surface area contributed by atoms with Crippen molar-refractivity contribution in [2.75, 3.05) is 18.4 Å². The predicted molar refractivity (Wildman–Crippen MR) is 104 cm³/mol. The van der Waals surface area contributed by atoms with Crippen LogP contribution in [0.1, 0.15) is 18.4 Å². The van der Waals surface area contributed by atoms with E-state index in [2.05, 4.69) is 21.2 Å². The minimum Gasteiger partial charge on any atom is -0.461 e. The van der Waals surface area contributed by atoms with Crippen molar-refractivity contribution in [3.05, 3.63) is 64.6 Å². The monoisotopic (exact) mass is 416 g/mol. The van der Waals surface area contributed by atoms with Gasteiger partial charge in [-0.2, -0.15) is 0 Å². The summed E-state index contributed by atoms with van der Waals surface area (Å²) in [7, 11) is 0. The van der Waals surface area contributed by atoms with E-state index >= 15 is 0 Å². The number of urea groups is 1. The molecule has 1 aliphatic heterocycles. The largest absolute Gasteiger partial charge is 0.461 e. The maximum atomic E-state index is 12.3. The molecular formula is C20H21BrN2O3. The van der Waals surface area contributed by atoms with Crippen LogP contribution in [0.25, 0.3) is 0 Å². The fraction of sp³-hybridized carbons (Fsp3) is 0.300. The number of piperidine rings is 1. The average molecular weight is 417 g/mol. The van der Waals surface area contributed by atoms with E-state index in [1.165, 1.54) is 0 Å². The van der Waals surface area contributed by atoms with Gasteiger partial charge in [-0.3, -0.25) is 4.79 Å². The van der Waals surface area contributed by atoms with E-state index in [1.54, 1.807) is 4.90 Å². The SMILES string of the molecule is O=C(OCc1cccc(Br)c1)C1CCN(C(=O)Nc2ccccc2)CC1. The van der Waals surface area contributed by atoms with E-state index in [1.807, 2.05) is 54.6 Å². The van der Waals surface area contributed by atoms with Crippen LogP contribution in [0.5, 0.6) is 0 Å². The molecule has 1 fully saturated rings. The summed E-state index contributed by atoms with van der Waals surface area (Å²) >= 11 is 3.41. The molecule has 1 N–H and O–H groups in total. The summed E-state index contributed by atoms with van der Waals surface area (Å²) in [4.78, 5) is 26.3. The van der Waals surface area contributed by atoms with E-state index in [0.29, 0.717) is 25.9 Å². The molecule has 0 spiro atoms. The number of carbonyl (C=O) groups is 2. The number of benzene rings is 2. The summed E-state index contributed by atoms with van der Waals surface area (Å²) in [6.45, 7) is 1.37. The second kappa shape index (κ2) is 8.85. The van der Waals surface area contributed by atoms with Crippen molar-refractivity contribution in [1.82, 2.24) is 4.90 Å². The van der Waals surface area contributed by atoms with Crippen LogP contribution in [0.3, 0.4) is 0 Å². The van der Waals surface area contributed by atoms with Crippen LogP contribution in [0.2, 0.25) is 0 Å². The molecule has 136 valence electrons. The number of para-hydroxylation sites is 1. The third kappa shape index (κ3) is 5.08. The van der Waals surface area contributed by atoms with Crippen LogP contribution in [0.15, 0.2) is 59.1 Å². The van der Waals surface area contributed by atoms with Gasteiger partial charge < -0.3 is 15.0 Å². The second-order valence-electron chi connectivity index (χ2n) is 6.30. The first-order valence-corrected chi connectivity index (χ1v) is 9.43. The zero-order chi connectivity index (χ0) is 18.4. The topological polar surface area (TPSA) is 58.6 Å². The van der Waals surface area contributed by atoms with Gasteiger partial charge in [-0.25, -0.2) is 4.79 Å². The van der Waals surface area contributed by atoms with Gasteiger partial charge in [0.2, 0.25) is 0 Å². The fourth-order valence-corrected chi connectivity index (χ4v) is 3.39. The molecule has 0 radical (unpaired) electrons. The van der Waals surface area contributed by atoms with Gasteiger partial charge in [0.25, 0.3) is 0 Å². The number of hydrogen-bond donors (Lipinski definition) is 1. The lowest BCUT2D eigenvalue weighted by Crippen LogP contribution is -2.42. The second-order valence-corrected chi connectivity index (χ2v) is 7.21. The Balaban J connectivity index is 1.44. The highest BCUT2D eigenvalue weighted by atomic mass is 79.9. The summed E-state index contributed by atoms with van der Waals surface area (Å²) < 4.78 is 6.40. The molecule has 26 heavy (non-hydrogen) atoms. The lowest BCUT2D eigenvalue weighted by atomic mass is 9.97. The fourth-order valence-electron chi connectivity index (χ4n) is 2.94. The number of likely N-dealkylation sites (tertiary alicyclic amines) is 1. The normalized spacial score (nSPS) is 14.7. The number of hydrogen-bond acceptors (Lipinski definition) is 3. The third-order valence-corrected chi connectivity index (χ3v) is 4.90. The molecule has 0 unspecified atom stereocenters. The summed E-state index contributed by atoms with van der Waals surface area (Å²) in [5.41, 5.74) is 1.72. The molecule has 2 amide bonds. The quantitative estimate of drug-likeness (QED) is 0.749. The molecule has 5 nitrogen and oxygen atoms in total. The molecule has 0 atom stereocenters. The molecule has 1 saturated heterocycles. The number of carbonyl (C=O) groups excluding carboxylic acids is 2. The van der Waals surface area contributed by atoms with Gasteiger partial charge >= 0.3 is 12.0 Å². The number of anilines is 1. The molecule has 3 rings (SSSR count). The van der Waals surface area contributed by atoms with Gasteiger partial charge in [0.05, 0.1) is 5.92 Å². The van der Waals surface area contributed by atoms with Crippen molar-refractivity contribution in [2.24, 2.45) is 5.92 Å². The third-order valence-electron chi connectivity index (χ3n) is 4.41. The molecule has 0 bridgehead atoms. The number of esters is 1. The number of ether oxygens (including phenoxy) is 1. The molecule has 1 aliphatic rings. The Morgan fingerprint density at radius 1 is 1.08 bits per heavy atom. The number of halogens is 1. The minimum absolute atomic E-state index is 0.128. The van der Waals surface area contributed by atoms with Crippen molar-refractivity contribution in [3.63, 3.8) is 0 Å². The van der Waals surface area contributed by atoms with Crippen LogP contribution >= 0.6 is 15.9 Å². The van der Waals surface area contributed by atoms with Gasteiger partial charge in [-0.05, 0) is 42.7 Å². The molecule has 1 heterocycles. The molecule has 0 aromatic heterocycles. The van der Waals surface area contributed by atoms with Crippen LogP contribution in [-0.2, 0) is 16.1 Å². The lowest BCUT2D eigenvalue weighted by Gasteiger charge is -2.31. The average Bonchev–Trinajstić information content (AvgIpc) is 2.67. The molecule has 2 aromatic rings. The van der Waals surface area contributed by atoms with Crippen LogP contribution in [0.4, 0.5) is 10.5 Å². The van der Waals surface area contributed by atoms with Gasteiger partial charge in [-0.1, -0.05) is 46.3 Å². The van der Waals surface area contributed by atoms with Crippen LogP contribution in [-0.4, -0.2) is 30.0 Å². The zero-order valence-electron chi connectivity index (χ0n) is 14.4. The number of rotatable bonds is 4. The van der Waals surface area contributed by atoms with Crippen molar-refractivity contribution in [3.8, 4) is 0 Å². The first-order valence-electron chi connectivity index (χ1n) is 8.64. The van der Waals surface area contributed by atoms with Crippen molar-refractivity contribution < 1.29 is 14.3 Å². The Hall–Kier alpha value is -2.34. The summed E-state index contributed by atoms with van der Waals surface area (Å²) in [6.07, 6.45) is 1.25. The lowest BCUT2D eigenvalue weighted by molar-refractivity contribution is -0.151. The number of nitrogens with zero attached hydrogens (tertiary/aromatic N) is 1. The van der Waals surface area contributed by atoms with Crippen molar-refractivity contribution >= 4 is 33.6 Å². The van der Waals surface area contributed by atoms with Crippen LogP contribution < -0.4 is 5.32 Å². The summed E-state index contributed by atoms with van der Waals surface area (Å²) in [5, 5.41) is 2.87. The minimum atomic E-state index is -0.187. The van der Waals surface area contributed by atoms with Crippen molar-refractivity contribution in [2.45, 2.75) is 19.4 Å². The molecule has 6 heteroatoms. The maximum absolute atomic E-state index is 12.3. The highest BCUT2D eigenvalue weighted by molar-refractivity contribution is 9.10. The Kier molecular flexibility index (Phi) is 6.28. The molecular weight excluding hydrogens is 396 g/mol. The Morgan fingerprint density at radius 2 is 1.81 bits per heavy atom. The Labute approximate surface area is 161 Å². The Morgan fingerprint density at radius 3 is 2.50 bits per heavy atom. The molecule has 0 saturated carbocycles. The summed E-state index contributed by atoms with van der Waals surface area (Å²) in [6, 6.07) is 16.9. The highest BCUT2D eigenvalue weighted by Gasteiger charge is 2.28. The number of amides is 2. The van der Waals surface area contributed by atoms with E-state index in [0.717, 1.165) is 15.7 Å². The Bertz CT molecular complexity index is 759. The first kappa shape index (κ1) is 18.5. The zero-order valence-corrected chi connectivity index (χ0v) is 15.9. The van der Waals surface area contributed by atoms with E-state index in [4.69, 9.17) is 4.74 Å². The molecule has 2 aromatic carbocycles. The van der Waals surface area contributed by atoms with E-state index in [-0.39, 0.29) is 24.5 Å². The predicted octanol–water partition coefficient (Wildman–Crippen LogP) is 4.44. The highest BCUT2D eigenvalue weighted by Crippen LogP contribution is 2.21.